The summed E-state index contributed by atoms with van der Waals surface area (Å²) in [4.78, 5) is 38.7. The lowest BCUT2D eigenvalue weighted by Gasteiger charge is -2.26. The Morgan fingerprint density at radius 1 is 0.839 bits per heavy atom. The van der Waals surface area contributed by atoms with E-state index in [1.165, 1.54) is 6.08 Å². The van der Waals surface area contributed by atoms with E-state index in [0.717, 1.165) is 4.90 Å². The maximum absolute atomic E-state index is 13.0. The zero-order valence-corrected chi connectivity index (χ0v) is 17.6. The number of nitrogens with zero attached hydrogens (tertiary/aromatic N) is 1. The van der Waals surface area contributed by atoms with E-state index < -0.39 is 17.8 Å². The summed E-state index contributed by atoms with van der Waals surface area (Å²) in [5, 5.41) is 2.21. The number of anilines is 1. The highest BCUT2D eigenvalue weighted by Crippen LogP contribution is 2.30. The molecule has 4 amide bonds. The number of benzene rings is 2. The molecule has 2 aromatic carbocycles. The molecule has 8 heteroatoms. The van der Waals surface area contributed by atoms with Crippen LogP contribution in [-0.2, 0) is 9.59 Å². The standard InChI is InChI=1S/C23H24N2O6/c1-4-29-17-10-8-16(9-11-17)25-22(27)18(21(26)24-23(25)28)13-15-7-12-19(30-5-2)20(14-15)31-6-3/h7-14H,4-6H2,1-3H3,(H,24,26,28). The van der Waals surface area contributed by atoms with Crippen LogP contribution in [0, 0.1) is 0 Å². The van der Waals surface area contributed by atoms with Crippen LogP contribution in [0.1, 0.15) is 26.3 Å². The second-order valence-corrected chi connectivity index (χ2v) is 6.46. The van der Waals surface area contributed by atoms with E-state index in [0.29, 0.717) is 48.3 Å². The number of hydrogen-bond donors (Lipinski definition) is 1. The van der Waals surface area contributed by atoms with Crippen molar-refractivity contribution >= 4 is 29.6 Å². The summed E-state index contributed by atoms with van der Waals surface area (Å²) in [7, 11) is 0. The molecule has 2 aromatic rings. The van der Waals surface area contributed by atoms with Gasteiger partial charge in [0.15, 0.2) is 11.5 Å². The molecule has 1 fully saturated rings. The molecule has 0 bridgehead atoms. The van der Waals surface area contributed by atoms with Crippen molar-refractivity contribution in [2.24, 2.45) is 0 Å². The summed E-state index contributed by atoms with van der Waals surface area (Å²) in [6.45, 7) is 6.97. The first-order chi connectivity index (χ1) is 15.0. The lowest BCUT2D eigenvalue weighted by Crippen LogP contribution is -2.54. The zero-order valence-electron chi connectivity index (χ0n) is 17.6. The molecule has 3 rings (SSSR count). The van der Waals surface area contributed by atoms with Crippen molar-refractivity contribution in [3.8, 4) is 17.2 Å². The van der Waals surface area contributed by atoms with Gasteiger partial charge in [-0.1, -0.05) is 6.07 Å². The minimum atomic E-state index is -0.807. The van der Waals surface area contributed by atoms with Gasteiger partial charge < -0.3 is 14.2 Å². The molecule has 1 aliphatic rings. The molecule has 1 aliphatic heterocycles. The topological polar surface area (TPSA) is 94.2 Å². The van der Waals surface area contributed by atoms with Crippen LogP contribution >= 0.6 is 0 Å². The quantitative estimate of drug-likeness (QED) is 0.515. The molecule has 1 heterocycles. The number of imide groups is 2. The normalized spacial score (nSPS) is 15.1. The van der Waals surface area contributed by atoms with E-state index >= 15 is 0 Å². The average molecular weight is 424 g/mol. The number of carbonyl (C=O) groups excluding carboxylic acids is 3. The number of hydrogen-bond acceptors (Lipinski definition) is 6. The fraction of sp³-hybridized carbons (Fsp3) is 0.261. The summed E-state index contributed by atoms with van der Waals surface area (Å²) in [6.07, 6.45) is 1.42. The van der Waals surface area contributed by atoms with Gasteiger partial charge in [-0.25, -0.2) is 9.69 Å². The average Bonchev–Trinajstić information content (AvgIpc) is 2.74. The molecular weight excluding hydrogens is 400 g/mol. The van der Waals surface area contributed by atoms with Crippen molar-refractivity contribution < 1.29 is 28.6 Å². The molecule has 0 saturated carbocycles. The van der Waals surface area contributed by atoms with Gasteiger partial charge in [-0.3, -0.25) is 14.9 Å². The molecule has 0 unspecified atom stereocenters. The van der Waals surface area contributed by atoms with Gasteiger partial charge in [-0.2, -0.15) is 0 Å². The number of carbonyl (C=O) groups is 3. The van der Waals surface area contributed by atoms with Gasteiger partial charge in [0, 0.05) is 0 Å². The first kappa shape index (κ1) is 21.9. The number of nitrogens with one attached hydrogen (secondary N) is 1. The first-order valence-corrected chi connectivity index (χ1v) is 10.0. The highest BCUT2D eigenvalue weighted by Gasteiger charge is 2.36. The number of urea groups is 1. The van der Waals surface area contributed by atoms with Crippen LogP contribution < -0.4 is 24.4 Å². The molecule has 8 nitrogen and oxygen atoms in total. The molecule has 0 aromatic heterocycles. The minimum Gasteiger partial charge on any atom is -0.494 e. The Labute approximate surface area is 180 Å². The van der Waals surface area contributed by atoms with E-state index in [1.54, 1.807) is 42.5 Å². The van der Waals surface area contributed by atoms with Crippen molar-refractivity contribution in [2.75, 3.05) is 24.7 Å². The van der Waals surface area contributed by atoms with Crippen molar-refractivity contribution in [3.63, 3.8) is 0 Å². The highest BCUT2D eigenvalue weighted by molar-refractivity contribution is 6.39. The van der Waals surface area contributed by atoms with Gasteiger partial charge in [0.1, 0.15) is 11.3 Å². The largest absolute Gasteiger partial charge is 0.494 e. The first-order valence-electron chi connectivity index (χ1n) is 10.0. The second kappa shape index (κ2) is 9.80. The van der Waals surface area contributed by atoms with Crippen LogP contribution in [0.3, 0.4) is 0 Å². The Morgan fingerprint density at radius 2 is 1.48 bits per heavy atom. The number of barbiturate groups is 1. The van der Waals surface area contributed by atoms with Crippen LogP contribution in [0.25, 0.3) is 6.08 Å². The van der Waals surface area contributed by atoms with Gasteiger partial charge >= 0.3 is 6.03 Å². The Hall–Kier alpha value is -3.81. The Morgan fingerprint density at radius 3 is 2.13 bits per heavy atom. The van der Waals surface area contributed by atoms with Gasteiger partial charge in [-0.15, -0.1) is 0 Å². The third-order valence-corrected chi connectivity index (χ3v) is 4.39. The molecule has 1 N–H and O–H groups in total. The molecular formula is C23H24N2O6. The van der Waals surface area contributed by atoms with Crippen LogP contribution in [-0.4, -0.2) is 37.7 Å². The fourth-order valence-electron chi connectivity index (χ4n) is 3.07. The predicted octanol–water partition coefficient (Wildman–Crippen LogP) is 3.55. The minimum absolute atomic E-state index is 0.167. The predicted molar refractivity (Wildman–Crippen MR) is 115 cm³/mol. The van der Waals surface area contributed by atoms with Crippen molar-refractivity contribution in [2.45, 2.75) is 20.8 Å². The number of rotatable bonds is 8. The van der Waals surface area contributed by atoms with Crippen LogP contribution in [0.4, 0.5) is 10.5 Å². The zero-order chi connectivity index (χ0) is 22.4. The third-order valence-electron chi connectivity index (χ3n) is 4.39. The van der Waals surface area contributed by atoms with Crippen molar-refractivity contribution in [1.29, 1.82) is 0 Å². The van der Waals surface area contributed by atoms with Gasteiger partial charge in [0.2, 0.25) is 0 Å². The van der Waals surface area contributed by atoms with Crippen LogP contribution in [0.2, 0.25) is 0 Å². The fourth-order valence-corrected chi connectivity index (χ4v) is 3.07. The van der Waals surface area contributed by atoms with Gasteiger partial charge in [-0.05, 0) is 68.8 Å². The summed E-state index contributed by atoms with van der Waals surface area (Å²) in [6, 6.07) is 10.8. The molecule has 0 atom stereocenters. The van der Waals surface area contributed by atoms with Gasteiger partial charge in [0.25, 0.3) is 11.8 Å². The molecule has 31 heavy (non-hydrogen) atoms. The van der Waals surface area contributed by atoms with E-state index in [9.17, 15) is 14.4 Å². The number of ether oxygens (including phenoxy) is 3. The van der Waals surface area contributed by atoms with Crippen LogP contribution in [0.15, 0.2) is 48.0 Å². The lowest BCUT2D eigenvalue weighted by atomic mass is 10.1. The van der Waals surface area contributed by atoms with Crippen LogP contribution in [0.5, 0.6) is 17.2 Å². The Balaban J connectivity index is 1.94. The maximum Gasteiger partial charge on any atom is 0.335 e. The van der Waals surface area contributed by atoms with E-state index in [-0.39, 0.29) is 5.57 Å². The monoisotopic (exact) mass is 424 g/mol. The molecule has 0 spiro atoms. The molecule has 162 valence electrons. The second-order valence-electron chi connectivity index (χ2n) is 6.46. The number of amides is 4. The van der Waals surface area contributed by atoms with Gasteiger partial charge in [0.05, 0.1) is 25.5 Å². The highest BCUT2D eigenvalue weighted by atomic mass is 16.5. The summed E-state index contributed by atoms with van der Waals surface area (Å²) in [5.41, 5.74) is 0.720. The summed E-state index contributed by atoms with van der Waals surface area (Å²) < 4.78 is 16.5. The SMILES string of the molecule is CCOc1ccc(N2C(=O)NC(=O)C(=Cc3ccc(OCC)c(OCC)c3)C2=O)cc1. The molecule has 1 saturated heterocycles. The Kier molecular flexibility index (Phi) is 6.92. The van der Waals surface area contributed by atoms with E-state index in [4.69, 9.17) is 14.2 Å². The third kappa shape index (κ3) is 4.85. The van der Waals surface area contributed by atoms with Crippen molar-refractivity contribution in [3.05, 3.63) is 53.6 Å². The summed E-state index contributed by atoms with van der Waals surface area (Å²) >= 11 is 0. The van der Waals surface area contributed by atoms with Crippen molar-refractivity contribution in [1.82, 2.24) is 5.32 Å². The Bertz CT molecular complexity index is 1010. The lowest BCUT2D eigenvalue weighted by molar-refractivity contribution is -0.122. The van der Waals surface area contributed by atoms with E-state index in [1.807, 2.05) is 20.8 Å². The summed E-state index contributed by atoms with van der Waals surface area (Å²) in [5.74, 6) is 0.202. The molecule has 0 radical (unpaired) electrons. The smallest absolute Gasteiger partial charge is 0.335 e. The van der Waals surface area contributed by atoms with E-state index in [2.05, 4.69) is 5.32 Å². The maximum atomic E-state index is 13.0. The molecule has 0 aliphatic carbocycles.